The van der Waals surface area contributed by atoms with Gasteiger partial charge in [-0.05, 0) is 6.92 Å². The third-order valence-electron chi connectivity index (χ3n) is 2.11. The molecule has 4 nitrogen and oxygen atoms in total. The number of aliphatic hydroxyl groups excluding tert-OH is 1. The van der Waals surface area contributed by atoms with Gasteiger partial charge in [0.05, 0.1) is 12.3 Å². The standard InChI is InChI=1S/C10H12N2O2S2/c1-7-5-16-10-11-8(6-15-3-2-13)4-9(14)12(7)10/h4-5,13H,2-3,6H2,1H3. The molecule has 0 saturated heterocycles. The average molecular weight is 256 g/mol. The minimum atomic E-state index is -0.0247. The molecule has 0 amide bonds. The molecule has 86 valence electrons. The van der Waals surface area contributed by atoms with E-state index in [4.69, 9.17) is 5.11 Å². The second kappa shape index (κ2) is 4.99. The Balaban J connectivity index is 2.32. The molecule has 2 aromatic rings. The predicted molar refractivity (Wildman–Crippen MR) is 67.3 cm³/mol. The van der Waals surface area contributed by atoms with E-state index in [9.17, 15) is 4.79 Å². The van der Waals surface area contributed by atoms with Crippen molar-refractivity contribution in [3.8, 4) is 0 Å². The number of fused-ring (bicyclic) bond motifs is 1. The second-order valence-electron chi connectivity index (χ2n) is 3.36. The van der Waals surface area contributed by atoms with Gasteiger partial charge >= 0.3 is 0 Å². The Kier molecular flexibility index (Phi) is 3.63. The van der Waals surface area contributed by atoms with Gasteiger partial charge in [-0.2, -0.15) is 11.8 Å². The van der Waals surface area contributed by atoms with Crippen LogP contribution >= 0.6 is 23.1 Å². The summed E-state index contributed by atoms with van der Waals surface area (Å²) in [6.07, 6.45) is 0. The van der Waals surface area contributed by atoms with Crippen molar-refractivity contribution in [1.82, 2.24) is 9.38 Å². The van der Waals surface area contributed by atoms with Gasteiger partial charge < -0.3 is 5.11 Å². The molecule has 2 aromatic heterocycles. The first-order valence-corrected chi connectivity index (χ1v) is 6.91. The Bertz CT molecular complexity index is 547. The number of thiazole rings is 1. The second-order valence-corrected chi connectivity index (χ2v) is 5.30. The zero-order valence-corrected chi connectivity index (χ0v) is 10.5. The molecule has 0 atom stereocenters. The lowest BCUT2D eigenvalue weighted by Crippen LogP contribution is -2.14. The summed E-state index contributed by atoms with van der Waals surface area (Å²) in [6.45, 7) is 2.05. The molecular weight excluding hydrogens is 244 g/mol. The first-order chi connectivity index (χ1) is 7.72. The van der Waals surface area contributed by atoms with E-state index in [0.29, 0.717) is 11.5 Å². The summed E-state index contributed by atoms with van der Waals surface area (Å²) in [5, 5.41) is 10.6. The molecule has 16 heavy (non-hydrogen) atoms. The number of aromatic nitrogens is 2. The summed E-state index contributed by atoms with van der Waals surface area (Å²) < 4.78 is 1.62. The van der Waals surface area contributed by atoms with E-state index >= 15 is 0 Å². The SMILES string of the molecule is Cc1csc2nc(CSCCO)cc(=O)n12. The molecule has 0 aliphatic carbocycles. The molecule has 1 N–H and O–H groups in total. The number of thioether (sulfide) groups is 1. The number of nitrogens with zero attached hydrogens (tertiary/aromatic N) is 2. The van der Waals surface area contributed by atoms with E-state index in [1.54, 1.807) is 22.2 Å². The fraction of sp³-hybridized carbons (Fsp3) is 0.400. The lowest BCUT2D eigenvalue weighted by Gasteiger charge is -2.00. The summed E-state index contributed by atoms with van der Waals surface area (Å²) in [6, 6.07) is 1.57. The lowest BCUT2D eigenvalue weighted by atomic mass is 10.4. The van der Waals surface area contributed by atoms with Gasteiger partial charge in [-0.25, -0.2) is 4.98 Å². The molecular formula is C10H12N2O2S2. The third-order valence-corrected chi connectivity index (χ3v) is 4.03. The van der Waals surface area contributed by atoms with Gasteiger partial charge in [0, 0.05) is 28.6 Å². The van der Waals surface area contributed by atoms with Crippen LogP contribution < -0.4 is 5.56 Å². The smallest absolute Gasteiger partial charge is 0.258 e. The van der Waals surface area contributed by atoms with Crippen LogP contribution in [0.5, 0.6) is 0 Å². The predicted octanol–water partition coefficient (Wildman–Crippen LogP) is 1.29. The summed E-state index contributed by atoms with van der Waals surface area (Å²) in [5.41, 5.74) is 1.68. The van der Waals surface area contributed by atoms with Crippen molar-refractivity contribution in [2.75, 3.05) is 12.4 Å². The quantitative estimate of drug-likeness (QED) is 0.838. The Labute approximate surface area is 101 Å². The zero-order chi connectivity index (χ0) is 11.5. The highest BCUT2D eigenvalue weighted by Crippen LogP contribution is 2.14. The Hall–Kier alpha value is -0.850. The monoisotopic (exact) mass is 256 g/mol. The number of aryl methyl sites for hydroxylation is 1. The Morgan fingerprint density at radius 3 is 3.19 bits per heavy atom. The Morgan fingerprint density at radius 2 is 2.44 bits per heavy atom. The van der Waals surface area contributed by atoms with E-state index in [1.807, 2.05) is 12.3 Å². The minimum absolute atomic E-state index is 0.0247. The third kappa shape index (κ3) is 2.28. The first-order valence-electron chi connectivity index (χ1n) is 4.88. The largest absolute Gasteiger partial charge is 0.396 e. The normalized spacial score (nSPS) is 11.1. The van der Waals surface area contributed by atoms with Crippen molar-refractivity contribution < 1.29 is 5.11 Å². The molecule has 0 fully saturated rings. The summed E-state index contributed by atoms with van der Waals surface area (Å²) >= 11 is 3.05. The van der Waals surface area contributed by atoms with Gasteiger partial charge in [-0.1, -0.05) is 0 Å². The van der Waals surface area contributed by atoms with Gasteiger partial charge in [-0.15, -0.1) is 11.3 Å². The molecule has 2 heterocycles. The highest BCUT2D eigenvalue weighted by atomic mass is 32.2. The van der Waals surface area contributed by atoms with Crippen LogP contribution in [0.3, 0.4) is 0 Å². The van der Waals surface area contributed by atoms with Gasteiger partial charge in [0.1, 0.15) is 0 Å². The maximum atomic E-state index is 11.8. The topological polar surface area (TPSA) is 54.6 Å². The van der Waals surface area contributed by atoms with Crippen molar-refractivity contribution in [3.63, 3.8) is 0 Å². The number of aliphatic hydroxyl groups is 1. The van der Waals surface area contributed by atoms with Gasteiger partial charge in [-0.3, -0.25) is 9.20 Å². The maximum Gasteiger partial charge on any atom is 0.258 e. The van der Waals surface area contributed by atoms with E-state index < -0.39 is 0 Å². The van der Waals surface area contributed by atoms with Crippen LogP contribution in [0.4, 0.5) is 0 Å². The molecule has 2 rings (SSSR count). The summed E-state index contributed by atoms with van der Waals surface area (Å²) in [7, 11) is 0. The number of hydrogen-bond donors (Lipinski definition) is 1. The van der Waals surface area contributed by atoms with Crippen LogP contribution in [0.2, 0.25) is 0 Å². The highest BCUT2D eigenvalue weighted by molar-refractivity contribution is 7.98. The number of rotatable bonds is 4. The summed E-state index contributed by atoms with van der Waals surface area (Å²) in [4.78, 5) is 16.9. The van der Waals surface area contributed by atoms with Crippen molar-refractivity contribution >= 4 is 28.1 Å². The van der Waals surface area contributed by atoms with Crippen molar-refractivity contribution in [2.24, 2.45) is 0 Å². The van der Waals surface area contributed by atoms with Gasteiger partial charge in [0.2, 0.25) is 0 Å². The van der Waals surface area contributed by atoms with Gasteiger partial charge in [0.25, 0.3) is 5.56 Å². The van der Waals surface area contributed by atoms with Crippen LogP contribution in [0.1, 0.15) is 11.4 Å². The molecule has 0 unspecified atom stereocenters. The average Bonchev–Trinajstić information content (AvgIpc) is 2.61. The molecule has 0 saturated carbocycles. The van der Waals surface area contributed by atoms with Crippen LogP contribution in [0.15, 0.2) is 16.2 Å². The van der Waals surface area contributed by atoms with E-state index in [-0.39, 0.29) is 12.2 Å². The maximum absolute atomic E-state index is 11.8. The van der Waals surface area contributed by atoms with E-state index in [2.05, 4.69) is 4.98 Å². The highest BCUT2D eigenvalue weighted by Gasteiger charge is 2.05. The molecule has 0 bridgehead atoms. The first kappa shape index (κ1) is 11.6. The van der Waals surface area contributed by atoms with Crippen LogP contribution in [0.25, 0.3) is 4.96 Å². The fourth-order valence-electron chi connectivity index (χ4n) is 1.42. The van der Waals surface area contributed by atoms with E-state index in [1.165, 1.54) is 11.3 Å². The molecule has 0 aromatic carbocycles. The molecule has 0 aliphatic rings. The molecule has 0 radical (unpaired) electrons. The number of hydrogen-bond acceptors (Lipinski definition) is 5. The minimum Gasteiger partial charge on any atom is -0.396 e. The molecule has 0 spiro atoms. The van der Waals surface area contributed by atoms with E-state index in [0.717, 1.165) is 16.3 Å². The Morgan fingerprint density at radius 1 is 1.62 bits per heavy atom. The molecule has 6 heteroatoms. The van der Waals surface area contributed by atoms with Crippen LogP contribution in [-0.2, 0) is 5.75 Å². The van der Waals surface area contributed by atoms with Crippen LogP contribution in [-0.4, -0.2) is 26.9 Å². The van der Waals surface area contributed by atoms with Crippen molar-refractivity contribution in [2.45, 2.75) is 12.7 Å². The lowest BCUT2D eigenvalue weighted by molar-refractivity contribution is 0.322. The zero-order valence-electron chi connectivity index (χ0n) is 8.84. The van der Waals surface area contributed by atoms with Crippen molar-refractivity contribution in [1.29, 1.82) is 0 Å². The fourth-order valence-corrected chi connectivity index (χ4v) is 2.94. The van der Waals surface area contributed by atoms with Crippen LogP contribution in [0, 0.1) is 6.92 Å². The van der Waals surface area contributed by atoms with Crippen molar-refractivity contribution in [3.05, 3.63) is 33.2 Å². The molecule has 0 aliphatic heterocycles. The van der Waals surface area contributed by atoms with Gasteiger partial charge in [0.15, 0.2) is 4.96 Å². The summed E-state index contributed by atoms with van der Waals surface area (Å²) in [5.74, 6) is 1.34.